The molecular weight excluding hydrogens is 170 g/mol. The minimum absolute atomic E-state index is 0.803. The lowest BCUT2D eigenvalue weighted by molar-refractivity contribution is 1.19. The molecule has 0 saturated heterocycles. The molecule has 0 spiro atoms. The Bertz CT molecular complexity index is 323. The molecule has 4 heteroatoms. The summed E-state index contributed by atoms with van der Waals surface area (Å²) in [6.07, 6.45) is 3.30. The van der Waals surface area contributed by atoms with Gasteiger partial charge in [0.25, 0.3) is 0 Å². The minimum atomic E-state index is 0.803. The van der Waals surface area contributed by atoms with Crippen LogP contribution in [0.3, 0.4) is 0 Å². The molecule has 2 aromatic rings. The maximum Gasteiger partial charge on any atom is 0.173 e. The Morgan fingerprint density at radius 1 is 1.33 bits per heavy atom. The van der Waals surface area contributed by atoms with E-state index in [2.05, 4.69) is 15.0 Å². The van der Waals surface area contributed by atoms with E-state index in [4.69, 9.17) is 0 Å². The predicted octanol–water partition coefficient (Wildman–Crippen LogP) is 2.42. The molecule has 2 heterocycles. The normalized spacial score (nSPS) is 9.25. The second-order valence-electron chi connectivity index (χ2n) is 1.94. The summed E-state index contributed by atoms with van der Waals surface area (Å²) in [5.41, 5.74) is 0.803. The number of nitrogens with zero attached hydrogens (tertiary/aromatic N) is 3. The van der Waals surface area contributed by atoms with Crippen LogP contribution in [0.25, 0.3) is 10.3 Å². The highest BCUT2D eigenvalue weighted by Crippen LogP contribution is 2.16. The Hall–Kier alpha value is -1.03. The molecule has 0 bridgehead atoms. The zero-order valence-corrected chi connectivity index (χ0v) is 8.22. The Balaban J connectivity index is 0.000000336. The molecule has 0 radical (unpaired) electrons. The van der Waals surface area contributed by atoms with Crippen LogP contribution in [0.4, 0.5) is 0 Å². The van der Waals surface area contributed by atoms with E-state index in [0.717, 1.165) is 15.4 Å². The first-order chi connectivity index (χ1) is 5.86. The summed E-state index contributed by atoms with van der Waals surface area (Å²) in [5, 5.41) is 1.04. The van der Waals surface area contributed by atoms with E-state index in [1.54, 1.807) is 17.5 Å². The molecule has 0 aliphatic rings. The second-order valence-corrected chi connectivity index (χ2v) is 3.18. The van der Waals surface area contributed by atoms with Gasteiger partial charge in [0.2, 0.25) is 0 Å². The summed E-state index contributed by atoms with van der Waals surface area (Å²) in [6, 6.07) is 0. The third-order valence-electron chi connectivity index (χ3n) is 1.18. The molecule has 0 aromatic carbocycles. The van der Waals surface area contributed by atoms with Crippen molar-refractivity contribution in [3.63, 3.8) is 0 Å². The molecule has 0 unspecified atom stereocenters. The Morgan fingerprint density at radius 2 is 2.08 bits per heavy atom. The third-order valence-corrected chi connectivity index (χ3v) is 2.07. The van der Waals surface area contributed by atoms with Crippen molar-refractivity contribution in [3.8, 4) is 0 Å². The average molecular weight is 181 g/mol. The van der Waals surface area contributed by atoms with Gasteiger partial charge >= 0.3 is 0 Å². The van der Waals surface area contributed by atoms with Crippen molar-refractivity contribution < 1.29 is 0 Å². The highest BCUT2D eigenvalue weighted by Gasteiger charge is 1.97. The molecule has 0 amide bonds. The first kappa shape index (κ1) is 9.06. The number of hydrogen-bond donors (Lipinski definition) is 0. The summed E-state index contributed by atoms with van der Waals surface area (Å²) in [5.74, 6) is 0. The molecule has 0 saturated carbocycles. The van der Waals surface area contributed by atoms with E-state index in [1.807, 2.05) is 20.8 Å². The van der Waals surface area contributed by atoms with E-state index in [-0.39, 0.29) is 0 Å². The molecule has 0 atom stereocenters. The van der Waals surface area contributed by atoms with E-state index in [1.165, 1.54) is 6.33 Å². The molecular formula is C8H11N3S. The monoisotopic (exact) mass is 181 g/mol. The quantitative estimate of drug-likeness (QED) is 0.626. The van der Waals surface area contributed by atoms with Crippen molar-refractivity contribution in [2.75, 3.05) is 0 Å². The lowest BCUT2D eigenvalue weighted by Crippen LogP contribution is -1.76. The van der Waals surface area contributed by atoms with Crippen molar-refractivity contribution in [2.45, 2.75) is 20.8 Å². The van der Waals surface area contributed by atoms with Crippen LogP contribution in [0.2, 0.25) is 0 Å². The largest absolute Gasteiger partial charge is 0.243 e. The van der Waals surface area contributed by atoms with Crippen LogP contribution in [0.15, 0.2) is 12.5 Å². The lowest BCUT2D eigenvalue weighted by atomic mass is 10.6. The van der Waals surface area contributed by atoms with Crippen molar-refractivity contribution in [1.29, 1.82) is 0 Å². The minimum Gasteiger partial charge on any atom is -0.243 e. The zero-order chi connectivity index (χ0) is 8.97. The van der Waals surface area contributed by atoms with Crippen LogP contribution >= 0.6 is 11.3 Å². The van der Waals surface area contributed by atoms with Crippen molar-refractivity contribution >= 4 is 21.7 Å². The molecule has 3 nitrogen and oxygen atoms in total. The van der Waals surface area contributed by atoms with E-state index >= 15 is 0 Å². The highest BCUT2D eigenvalue weighted by molar-refractivity contribution is 7.18. The van der Waals surface area contributed by atoms with Gasteiger partial charge in [0.1, 0.15) is 6.33 Å². The lowest BCUT2D eigenvalue weighted by Gasteiger charge is -1.79. The van der Waals surface area contributed by atoms with Gasteiger partial charge in [-0.2, -0.15) is 0 Å². The van der Waals surface area contributed by atoms with Gasteiger partial charge in [0.15, 0.2) is 5.65 Å². The Kier molecular flexibility index (Phi) is 3.10. The number of rotatable bonds is 0. The maximum atomic E-state index is 4.18. The Morgan fingerprint density at radius 3 is 2.75 bits per heavy atom. The van der Waals surface area contributed by atoms with Crippen LogP contribution in [-0.2, 0) is 0 Å². The fourth-order valence-corrected chi connectivity index (χ4v) is 1.55. The molecule has 64 valence electrons. The van der Waals surface area contributed by atoms with Crippen LogP contribution in [0, 0.1) is 6.92 Å². The van der Waals surface area contributed by atoms with E-state index in [9.17, 15) is 0 Å². The Labute approximate surface area is 75.5 Å². The SMILES string of the molecule is CC.Cc1nc2ncncc2s1. The summed E-state index contributed by atoms with van der Waals surface area (Å²) in [4.78, 5) is 12.1. The van der Waals surface area contributed by atoms with E-state index in [0.29, 0.717) is 0 Å². The molecule has 0 fully saturated rings. The van der Waals surface area contributed by atoms with Gasteiger partial charge in [0, 0.05) is 6.20 Å². The number of aromatic nitrogens is 3. The number of hydrogen-bond acceptors (Lipinski definition) is 4. The first-order valence-corrected chi connectivity index (χ1v) is 4.71. The maximum absolute atomic E-state index is 4.18. The number of aryl methyl sites for hydroxylation is 1. The fourth-order valence-electron chi connectivity index (χ4n) is 0.797. The summed E-state index contributed by atoms with van der Waals surface area (Å²) < 4.78 is 1.06. The van der Waals surface area contributed by atoms with Crippen LogP contribution in [0.1, 0.15) is 18.9 Å². The average Bonchev–Trinajstić information content (AvgIpc) is 2.48. The standard InChI is InChI=1S/C6H5N3S.C2H6/c1-4-9-6-5(10-4)2-7-3-8-6;1-2/h2-3H,1H3;1-2H3. The van der Waals surface area contributed by atoms with Gasteiger partial charge < -0.3 is 0 Å². The number of thiazole rings is 1. The van der Waals surface area contributed by atoms with Crippen molar-refractivity contribution in [3.05, 3.63) is 17.5 Å². The molecule has 12 heavy (non-hydrogen) atoms. The van der Waals surface area contributed by atoms with Gasteiger partial charge in [-0.15, -0.1) is 11.3 Å². The first-order valence-electron chi connectivity index (χ1n) is 3.89. The molecule has 2 aromatic heterocycles. The summed E-state index contributed by atoms with van der Waals surface area (Å²) >= 11 is 1.62. The van der Waals surface area contributed by atoms with Crippen LogP contribution < -0.4 is 0 Å². The topological polar surface area (TPSA) is 38.7 Å². The van der Waals surface area contributed by atoms with Crippen molar-refractivity contribution in [2.24, 2.45) is 0 Å². The molecule has 0 N–H and O–H groups in total. The second kappa shape index (κ2) is 4.11. The molecule has 0 aliphatic heterocycles. The van der Waals surface area contributed by atoms with Gasteiger partial charge in [-0.3, -0.25) is 0 Å². The highest BCUT2D eigenvalue weighted by atomic mass is 32.1. The van der Waals surface area contributed by atoms with E-state index < -0.39 is 0 Å². The van der Waals surface area contributed by atoms with Crippen LogP contribution in [0.5, 0.6) is 0 Å². The van der Waals surface area contributed by atoms with Gasteiger partial charge in [-0.05, 0) is 6.92 Å². The van der Waals surface area contributed by atoms with Crippen molar-refractivity contribution in [1.82, 2.24) is 15.0 Å². The molecule has 2 rings (SSSR count). The number of fused-ring (bicyclic) bond motifs is 1. The third kappa shape index (κ3) is 1.76. The summed E-state index contributed by atoms with van der Waals surface area (Å²) in [6.45, 7) is 5.96. The van der Waals surface area contributed by atoms with Gasteiger partial charge in [-0.25, -0.2) is 15.0 Å². The van der Waals surface area contributed by atoms with Gasteiger partial charge in [-0.1, -0.05) is 13.8 Å². The summed E-state index contributed by atoms with van der Waals surface area (Å²) in [7, 11) is 0. The van der Waals surface area contributed by atoms with Crippen LogP contribution in [-0.4, -0.2) is 15.0 Å². The predicted molar refractivity (Wildman–Crippen MR) is 51.3 cm³/mol. The van der Waals surface area contributed by atoms with Gasteiger partial charge in [0.05, 0.1) is 9.71 Å². The smallest absolute Gasteiger partial charge is 0.173 e. The zero-order valence-electron chi connectivity index (χ0n) is 7.40. The molecule has 0 aliphatic carbocycles. The fraction of sp³-hybridized carbons (Fsp3) is 0.375.